The first-order valence-corrected chi connectivity index (χ1v) is 6.44. The summed E-state index contributed by atoms with van der Waals surface area (Å²) in [7, 11) is -8.51. The predicted octanol–water partition coefficient (Wildman–Crippen LogP) is 0.324. The van der Waals surface area contributed by atoms with Crippen molar-refractivity contribution in [2.45, 2.75) is 12.8 Å². The van der Waals surface area contributed by atoms with Crippen molar-refractivity contribution in [1.82, 2.24) is 0 Å². The Kier molecular flexibility index (Phi) is 2.81. The molecular weight excluding hydrogens is 232 g/mol. The Bertz CT molecular complexity index is 444. The van der Waals surface area contributed by atoms with E-state index in [1.54, 1.807) is 0 Å². The molecule has 0 aliphatic heterocycles. The normalized spacial score (nSPS) is 18.7. The van der Waals surface area contributed by atoms with Crippen molar-refractivity contribution in [2.24, 2.45) is 0 Å². The molecule has 6 nitrogen and oxygen atoms in total. The third-order valence-corrected chi connectivity index (χ3v) is 3.74. The Hall–Kier alpha value is -0.700. The van der Waals surface area contributed by atoms with Gasteiger partial charge >= 0.3 is 0 Å². The molecule has 0 aromatic carbocycles. The highest BCUT2D eigenvalue weighted by molar-refractivity contribution is 7.90. The zero-order chi connectivity index (χ0) is 11.0. The average molecular weight is 240 g/mol. The van der Waals surface area contributed by atoms with Crippen molar-refractivity contribution >= 4 is 20.2 Å². The number of hydrogen-bond donors (Lipinski definition) is 2. The minimum Gasteiger partial charge on any atom is -0.282 e. The molecule has 0 aromatic rings. The summed E-state index contributed by atoms with van der Waals surface area (Å²) in [5.41, 5.74) is 0. The largest absolute Gasteiger partial charge is 0.290 e. The van der Waals surface area contributed by atoms with Crippen LogP contribution in [0.5, 0.6) is 0 Å². The van der Waals surface area contributed by atoms with E-state index in [-0.39, 0.29) is 22.7 Å². The summed E-state index contributed by atoms with van der Waals surface area (Å²) in [5.74, 6) is 0. The molecule has 0 saturated heterocycles. The highest BCUT2D eigenvalue weighted by atomic mass is 32.2. The van der Waals surface area contributed by atoms with E-state index in [9.17, 15) is 16.8 Å². The SMILES string of the molecule is O=S(=O)(O)C1=CC=C(S(=O)(=O)O)CC1. The zero-order valence-corrected chi connectivity index (χ0v) is 8.55. The third-order valence-electron chi connectivity index (χ3n) is 1.74. The maximum Gasteiger partial charge on any atom is 0.290 e. The van der Waals surface area contributed by atoms with Crippen molar-refractivity contribution in [3.8, 4) is 0 Å². The van der Waals surface area contributed by atoms with Crippen LogP contribution in [0.3, 0.4) is 0 Å². The molecule has 0 fully saturated rings. The standard InChI is InChI=1S/C6H8O6S2/c7-13(8,9)5-1-2-6(4-3-5)14(10,11)12/h1-2H,3-4H2,(H,7,8,9)(H,10,11,12). The average Bonchev–Trinajstić information content (AvgIpc) is 2.01. The molecule has 14 heavy (non-hydrogen) atoms. The molecule has 2 N–H and O–H groups in total. The number of hydrogen-bond acceptors (Lipinski definition) is 4. The first kappa shape index (κ1) is 11.4. The van der Waals surface area contributed by atoms with E-state index in [1.807, 2.05) is 0 Å². The Morgan fingerprint density at radius 1 is 0.857 bits per heavy atom. The minimum absolute atomic E-state index is 0.134. The van der Waals surface area contributed by atoms with Gasteiger partial charge in [-0.15, -0.1) is 0 Å². The van der Waals surface area contributed by atoms with Gasteiger partial charge in [-0.3, -0.25) is 9.11 Å². The van der Waals surface area contributed by atoms with Gasteiger partial charge in [0.2, 0.25) is 0 Å². The Labute approximate surface area is 81.4 Å². The molecule has 1 rings (SSSR count). The van der Waals surface area contributed by atoms with Gasteiger partial charge in [-0.25, -0.2) is 0 Å². The molecule has 0 spiro atoms. The van der Waals surface area contributed by atoms with Crippen LogP contribution in [0.25, 0.3) is 0 Å². The monoisotopic (exact) mass is 240 g/mol. The van der Waals surface area contributed by atoms with E-state index >= 15 is 0 Å². The molecule has 8 heteroatoms. The molecule has 1 aliphatic carbocycles. The molecule has 0 amide bonds. The molecular formula is C6H8O6S2. The highest BCUT2D eigenvalue weighted by Gasteiger charge is 2.21. The van der Waals surface area contributed by atoms with Gasteiger partial charge in [0.1, 0.15) is 0 Å². The topological polar surface area (TPSA) is 109 Å². The van der Waals surface area contributed by atoms with E-state index < -0.39 is 20.2 Å². The van der Waals surface area contributed by atoms with Crippen LogP contribution in [0.2, 0.25) is 0 Å². The molecule has 0 unspecified atom stereocenters. The van der Waals surface area contributed by atoms with E-state index in [1.165, 1.54) is 0 Å². The van der Waals surface area contributed by atoms with Gasteiger partial charge in [0.05, 0.1) is 9.81 Å². The van der Waals surface area contributed by atoms with Crippen molar-refractivity contribution in [3.63, 3.8) is 0 Å². The van der Waals surface area contributed by atoms with Gasteiger partial charge in [-0.1, -0.05) is 0 Å². The lowest BCUT2D eigenvalue weighted by Gasteiger charge is -2.09. The highest BCUT2D eigenvalue weighted by Crippen LogP contribution is 2.24. The Morgan fingerprint density at radius 3 is 1.29 bits per heavy atom. The van der Waals surface area contributed by atoms with Gasteiger partial charge in [-0.05, 0) is 25.0 Å². The summed E-state index contributed by atoms with van der Waals surface area (Å²) in [6.45, 7) is 0. The third kappa shape index (κ3) is 2.64. The van der Waals surface area contributed by atoms with Crippen LogP contribution >= 0.6 is 0 Å². The summed E-state index contributed by atoms with van der Waals surface area (Å²) in [6.07, 6.45) is 1.65. The molecule has 0 bridgehead atoms. The van der Waals surface area contributed by atoms with Crippen molar-refractivity contribution < 1.29 is 25.9 Å². The summed E-state index contributed by atoms with van der Waals surface area (Å²) < 4.78 is 59.5. The predicted molar refractivity (Wildman–Crippen MR) is 48.5 cm³/mol. The Balaban J connectivity index is 3.09. The maximum atomic E-state index is 10.6. The molecule has 0 atom stereocenters. The fraction of sp³-hybridized carbons (Fsp3) is 0.333. The first-order chi connectivity index (χ1) is 6.21. The second-order valence-electron chi connectivity index (χ2n) is 2.72. The molecule has 0 heterocycles. The van der Waals surface area contributed by atoms with Crippen molar-refractivity contribution in [1.29, 1.82) is 0 Å². The lowest BCUT2D eigenvalue weighted by molar-refractivity contribution is 0.483. The van der Waals surface area contributed by atoms with Crippen molar-refractivity contribution in [3.05, 3.63) is 22.0 Å². The summed E-state index contributed by atoms with van der Waals surface area (Å²) in [4.78, 5) is -0.519. The van der Waals surface area contributed by atoms with Crippen LogP contribution in [0.15, 0.2) is 22.0 Å². The lowest BCUT2D eigenvalue weighted by Crippen LogP contribution is -2.09. The van der Waals surface area contributed by atoms with E-state index in [4.69, 9.17) is 9.11 Å². The number of allylic oxidation sites excluding steroid dienone is 4. The van der Waals surface area contributed by atoms with Crippen LogP contribution in [-0.4, -0.2) is 25.9 Å². The van der Waals surface area contributed by atoms with Crippen LogP contribution < -0.4 is 0 Å². The van der Waals surface area contributed by atoms with E-state index in [0.717, 1.165) is 12.2 Å². The fourth-order valence-electron chi connectivity index (χ4n) is 1.03. The molecule has 0 aromatic heterocycles. The summed E-state index contributed by atoms with van der Waals surface area (Å²) in [5, 5.41) is 0. The van der Waals surface area contributed by atoms with Gasteiger partial charge in [0, 0.05) is 0 Å². The van der Waals surface area contributed by atoms with Gasteiger partial charge in [-0.2, -0.15) is 16.8 Å². The van der Waals surface area contributed by atoms with Gasteiger partial charge < -0.3 is 0 Å². The van der Waals surface area contributed by atoms with Gasteiger partial charge in [0.25, 0.3) is 20.2 Å². The van der Waals surface area contributed by atoms with Crippen LogP contribution in [0.1, 0.15) is 12.8 Å². The smallest absolute Gasteiger partial charge is 0.282 e. The first-order valence-electron chi connectivity index (χ1n) is 3.56. The van der Waals surface area contributed by atoms with Crippen LogP contribution in [0.4, 0.5) is 0 Å². The molecule has 0 radical (unpaired) electrons. The zero-order valence-electron chi connectivity index (χ0n) is 6.91. The second kappa shape index (κ2) is 3.46. The molecule has 80 valence electrons. The second-order valence-corrected chi connectivity index (χ2v) is 5.67. The molecule has 1 aliphatic rings. The Morgan fingerprint density at radius 2 is 1.14 bits per heavy atom. The van der Waals surface area contributed by atoms with Crippen LogP contribution in [0, 0.1) is 0 Å². The van der Waals surface area contributed by atoms with E-state index in [2.05, 4.69) is 0 Å². The number of rotatable bonds is 2. The van der Waals surface area contributed by atoms with Crippen molar-refractivity contribution in [2.75, 3.05) is 0 Å². The summed E-state index contributed by atoms with van der Waals surface area (Å²) >= 11 is 0. The molecule has 0 saturated carbocycles. The van der Waals surface area contributed by atoms with Crippen LogP contribution in [-0.2, 0) is 20.2 Å². The maximum absolute atomic E-state index is 10.6. The quantitative estimate of drug-likeness (QED) is 0.673. The van der Waals surface area contributed by atoms with E-state index in [0.29, 0.717) is 0 Å². The fourth-order valence-corrected chi connectivity index (χ4v) is 2.23. The minimum atomic E-state index is -4.25. The van der Waals surface area contributed by atoms with Gasteiger partial charge in [0.15, 0.2) is 0 Å². The summed E-state index contributed by atoms with van der Waals surface area (Å²) in [6, 6.07) is 0. The lowest BCUT2D eigenvalue weighted by atomic mass is 10.2.